The minimum atomic E-state index is -0.476. The molecule has 0 amide bonds. The van der Waals surface area contributed by atoms with E-state index in [0.29, 0.717) is 12.3 Å². The Bertz CT molecular complexity index is 659. The molecule has 0 radical (unpaired) electrons. The molecule has 0 fully saturated rings. The van der Waals surface area contributed by atoms with Gasteiger partial charge in [0.15, 0.2) is 0 Å². The van der Waals surface area contributed by atoms with E-state index in [2.05, 4.69) is 48.5 Å². The van der Waals surface area contributed by atoms with E-state index in [1.807, 2.05) is 6.92 Å². The summed E-state index contributed by atoms with van der Waals surface area (Å²) < 4.78 is 0. The fourth-order valence-electron chi connectivity index (χ4n) is 4.62. The Labute approximate surface area is 132 Å². The molecule has 2 bridgehead atoms. The number of hydrogen-bond acceptors (Lipinski definition) is 2. The molecule has 0 heterocycles. The minimum Gasteiger partial charge on any atom is -0.391 e. The molecule has 3 aliphatic carbocycles. The smallest absolute Gasteiger partial charge is 0.0700 e. The summed E-state index contributed by atoms with van der Waals surface area (Å²) >= 11 is 0. The third-order valence-corrected chi connectivity index (χ3v) is 5.73. The van der Waals surface area contributed by atoms with E-state index in [9.17, 15) is 5.11 Å². The highest BCUT2D eigenvalue weighted by molar-refractivity contribution is 5.59. The second-order valence-corrected chi connectivity index (χ2v) is 6.98. The van der Waals surface area contributed by atoms with Crippen LogP contribution in [0.2, 0.25) is 0 Å². The molecular formula is C20H23NO. The lowest BCUT2D eigenvalue weighted by molar-refractivity contribution is 0.110. The van der Waals surface area contributed by atoms with Crippen molar-refractivity contribution >= 4 is 0 Å². The minimum absolute atomic E-state index is 0.0744. The highest BCUT2D eigenvalue weighted by Gasteiger charge is 2.48. The summed E-state index contributed by atoms with van der Waals surface area (Å²) in [5.74, 6) is 0.515. The summed E-state index contributed by atoms with van der Waals surface area (Å²) in [6.07, 6.45) is 2.51. The van der Waals surface area contributed by atoms with E-state index in [0.717, 1.165) is 6.42 Å². The van der Waals surface area contributed by atoms with Crippen molar-refractivity contribution in [2.45, 2.75) is 49.7 Å². The molecule has 3 aliphatic rings. The number of nitrogens with two attached hydrogens (primary N) is 1. The van der Waals surface area contributed by atoms with Gasteiger partial charge in [0.05, 0.1) is 6.10 Å². The van der Waals surface area contributed by atoms with Gasteiger partial charge < -0.3 is 10.8 Å². The third-order valence-electron chi connectivity index (χ3n) is 5.73. The summed E-state index contributed by atoms with van der Waals surface area (Å²) in [5, 5.41) is 10.5. The monoisotopic (exact) mass is 293 g/mol. The van der Waals surface area contributed by atoms with Gasteiger partial charge in [-0.25, -0.2) is 0 Å². The van der Waals surface area contributed by atoms with Gasteiger partial charge in [0, 0.05) is 17.4 Å². The van der Waals surface area contributed by atoms with Gasteiger partial charge in [-0.05, 0) is 48.4 Å². The average molecular weight is 293 g/mol. The topological polar surface area (TPSA) is 46.2 Å². The SMILES string of the molecule is CC(N)C(O)CC12CCC(c3ccccc31)c1ccccc12. The molecular weight excluding hydrogens is 270 g/mol. The Morgan fingerprint density at radius 2 is 1.64 bits per heavy atom. The Kier molecular flexibility index (Phi) is 3.14. The number of aliphatic hydroxyl groups excluding tert-OH is 1. The zero-order chi connectivity index (χ0) is 15.3. The van der Waals surface area contributed by atoms with Crippen LogP contribution in [0.25, 0.3) is 0 Å². The van der Waals surface area contributed by atoms with E-state index in [-0.39, 0.29) is 11.5 Å². The van der Waals surface area contributed by atoms with E-state index in [1.54, 1.807) is 0 Å². The molecule has 2 atom stereocenters. The van der Waals surface area contributed by atoms with Gasteiger partial charge in [-0.3, -0.25) is 0 Å². The van der Waals surface area contributed by atoms with Gasteiger partial charge in [0.2, 0.25) is 0 Å². The molecule has 114 valence electrons. The summed E-state index contributed by atoms with van der Waals surface area (Å²) in [5.41, 5.74) is 11.6. The van der Waals surface area contributed by atoms with Crippen molar-refractivity contribution in [3.63, 3.8) is 0 Å². The quantitative estimate of drug-likeness (QED) is 0.912. The lowest BCUT2D eigenvalue weighted by atomic mass is 9.53. The number of hydrogen-bond donors (Lipinski definition) is 2. The van der Waals surface area contributed by atoms with Gasteiger partial charge in [-0.1, -0.05) is 48.5 Å². The van der Waals surface area contributed by atoms with Crippen LogP contribution in [-0.2, 0) is 5.41 Å². The Hall–Kier alpha value is -1.64. The second kappa shape index (κ2) is 4.94. The molecule has 22 heavy (non-hydrogen) atoms. The molecule has 0 spiro atoms. The average Bonchev–Trinajstić information content (AvgIpc) is 2.55. The van der Waals surface area contributed by atoms with Crippen molar-refractivity contribution in [2.24, 2.45) is 5.73 Å². The molecule has 0 aliphatic heterocycles. The van der Waals surface area contributed by atoms with Gasteiger partial charge in [-0.15, -0.1) is 0 Å². The van der Waals surface area contributed by atoms with Crippen molar-refractivity contribution in [1.29, 1.82) is 0 Å². The van der Waals surface area contributed by atoms with Gasteiger partial charge >= 0.3 is 0 Å². The first-order valence-corrected chi connectivity index (χ1v) is 8.26. The zero-order valence-electron chi connectivity index (χ0n) is 13.0. The van der Waals surface area contributed by atoms with Crippen LogP contribution in [0, 0.1) is 0 Å². The van der Waals surface area contributed by atoms with Crippen LogP contribution in [-0.4, -0.2) is 17.3 Å². The maximum atomic E-state index is 10.5. The lowest BCUT2D eigenvalue weighted by Crippen LogP contribution is -2.45. The van der Waals surface area contributed by atoms with Gasteiger partial charge in [-0.2, -0.15) is 0 Å². The van der Waals surface area contributed by atoms with Gasteiger partial charge in [0.1, 0.15) is 0 Å². The van der Waals surface area contributed by atoms with Crippen LogP contribution in [0.5, 0.6) is 0 Å². The largest absolute Gasteiger partial charge is 0.391 e. The number of benzene rings is 2. The van der Waals surface area contributed by atoms with E-state index in [4.69, 9.17) is 5.73 Å². The molecule has 0 saturated carbocycles. The van der Waals surface area contributed by atoms with Crippen LogP contribution in [0.3, 0.4) is 0 Å². The van der Waals surface area contributed by atoms with Crippen LogP contribution < -0.4 is 5.73 Å². The summed E-state index contributed by atoms with van der Waals surface area (Å²) in [6, 6.07) is 17.4. The number of rotatable bonds is 3. The molecule has 2 aromatic rings. The van der Waals surface area contributed by atoms with Crippen LogP contribution in [0.1, 0.15) is 54.4 Å². The number of aliphatic hydroxyl groups is 1. The molecule has 2 aromatic carbocycles. The zero-order valence-corrected chi connectivity index (χ0v) is 13.0. The van der Waals surface area contributed by atoms with E-state index < -0.39 is 6.10 Å². The van der Waals surface area contributed by atoms with Crippen molar-refractivity contribution in [3.05, 3.63) is 70.8 Å². The fourth-order valence-corrected chi connectivity index (χ4v) is 4.62. The molecule has 2 unspecified atom stereocenters. The predicted molar refractivity (Wildman–Crippen MR) is 89.0 cm³/mol. The Morgan fingerprint density at radius 3 is 2.18 bits per heavy atom. The Morgan fingerprint density at radius 1 is 1.09 bits per heavy atom. The molecule has 5 rings (SSSR count). The molecule has 2 nitrogen and oxygen atoms in total. The fraction of sp³-hybridized carbons (Fsp3) is 0.400. The maximum absolute atomic E-state index is 10.5. The second-order valence-electron chi connectivity index (χ2n) is 6.98. The summed E-state index contributed by atoms with van der Waals surface area (Å²) in [4.78, 5) is 0. The Balaban J connectivity index is 1.93. The van der Waals surface area contributed by atoms with Crippen LogP contribution >= 0.6 is 0 Å². The maximum Gasteiger partial charge on any atom is 0.0700 e. The van der Waals surface area contributed by atoms with Crippen molar-refractivity contribution in [1.82, 2.24) is 0 Å². The van der Waals surface area contributed by atoms with E-state index >= 15 is 0 Å². The predicted octanol–water partition coefficient (Wildman–Crippen LogP) is 3.31. The van der Waals surface area contributed by atoms with Crippen molar-refractivity contribution in [3.8, 4) is 0 Å². The first kappa shape index (κ1) is 14.0. The highest BCUT2D eigenvalue weighted by atomic mass is 16.3. The van der Waals surface area contributed by atoms with Crippen LogP contribution in [0.4, 0.5) is 0 Å². The first-order valence-electron chi connectivity index (χ1n) is 8.26. The van der Waals surface area contributed by atoms with Crippen LogP contribution in [0.15, 0.2) is 48.5 Å². The van der Waals surface area contributed by atoms with Crippen molar-refractivity contribution in [2.75, 3.05) is 0 Å². The summed E-state index contributed by atoms with van der Waals surface area (Å²) in [7, 11) is 0. The molecule has 0 aromatic heterocycles. The highest BCUT2D eigenvalue weighted by Crippen LogP contribution is 2.58. The normalized spacial score (nSPS) is 27.9. The third kappa shape index (κ3) is 1.81. The van der Waals surface area contributed by atoms with Crippen molar-refractivity contribution < 1.29 is 5.11 Å². The lowest BCUT2D eigenvalue weighted by Gasteiger charge is -2.50. The molecule has 3 N–H and O–H groups in total. The summed E-state index contributed by atoms with van der Waals surface area (Å²) in [6.45, 7) is 1.90. The van der Waals surface area contributed by atoms with Gasteiger partial charge in [0.25, 0.3) is 0 Å². The molecule has 0 saturated heterocycles. The number of fused-ring (bicyclic) bond motifs is 1. The molecule has 2 heteroatoms. The van der Waals surface area contributed by atoms with E-state index in [1.165, 1.54) is 28.7 Å². The standard InChI is InChI=1S/C20H23NO/c1-13(21)19(22)12-20-11-10-14(15-6-2-4-8-17(15)20)16-7-3-5-9-18(16)20/h2-9,13-14,19,22H,10-12,21H2,1H3. The first-order chi connectivity index (χ1) is 10.6.